The van der Waals surface area contributed by atoms with Crippen LogP contribution in [0.2, 0.25) is 0 Å². The summed E-state index contributed by atoms with van der Waals surface area (Å²) in [5, 5.41) is 6.78. The average Bonchev–Trinajstić information content (AvgIpc) is 3.02. The predicted octanol–water partition coefficient (Wildman–Crippen LogP) is 2.67. The Morgan fingerprint density at radius 2 is 1.88 bits per heavy atom. The molecule has 0 saturated heterocycles. The van der Waals surface area contributed by atoms with Gasteiger partial charge in [0.2, 0.25) is 0 Å². The van der Waals surface area contributed by atoms with E-state index in [1.807, 2.05) is 19.2 Å². The van der Waals surface area contributed by atoms with Crippen LogP contribution in [-0.4, -0.2) is 57.7 Å². The molecule has 1 aromatic carbocycles. The van der Waals surface area contributed by atoms with Crippen LogP contribution in [0.4, 0.5) is 0 Å². The second-order valence-electron chi connectivity index (χ2n) is 7.00. The van der Waals surface area contributed by atoms with E-state index in [0.29, 0.717) is 0 Å². The van der Waals surface area contributed by atoms with Crippen LogP contribution in [0, 0.1) is 0 Å². The van der Waals surface area contributed by atoms with Gasteiger partial charge in [-0.05, 0) is 45.1 Å². The zero-order valence-corrected chi connectivity index (χ0v) is 16.1. The summed E-state index contributed by atoms with van der Waals surface area (Å²) in [4.78, 5) is 6.55. The van der Waals surface area contributed by atoms with Gasteiger partial charge >= 0.3 is 0 Å². The largest absolute Gasteiger partial charge is 0.488 e. The van der Waals surface area contributed by atoms with Crippen LogP contribution in [0.25, 0.3) is 0 Å². The lowest BCUT2D eigenvalue weighted by molar-refractivity contribution is 0.235. The molecule has 1 aliphatic heterocycles. The third-order valence-corrected chi connectivity index (χ3v) is 4.51. The van der Waals surface area contributed by atoms with Crippen molar-refractivity contribution >= 4 is 5.96 Å². The number of unbranched alkanes of at least 4 members (excludes halogenated alkanes) is 4. The van der Waals surface area contributed by atoms with Crippen molar-refractivity contribution in [2.75, 3.05) is 40.8 Å². The number of ether oxygens (including phenoxy) is 1. The van der Waals surface area contributed by atoms with Crippen LogP contribution >= 0.6 is 0 Å². The number of nitrogens with zero attached hydrogens (tertiary/aromatic N) is 2. The fourth-order valence-electron chi connectivity index (χ4n) is 3.09. The summed E-state index contributed by atoms with van der Waals surface area (Å²) in [6.45, 7) is 2.94. The molecule has 0 aromatic heterocycles. The van der Waals surface area contributed by atoms with E-state index in [9.17, 15) is 0 Å². The molecule has 0 radical (unpaired) electrons. The minimum Gasteiger partial charge on any atom is -0.488 e. The maximum absolute atomic E-state index is 5.95. The second kappa shape index (κ2) is 11.0. The van der Waals surface area contributed by atoms with E-state index in [1.165, 1.54) is 44.2 Å². The predicted molar refractivity (Wildman–Crippen MR) is 106 cm³/mol. The van der Waals surface area contributed by atoms with Gasteiger partial charge in [-0.15, -0.1) is 0 Å². The lowest BCUT2D eigenvalue weighted by atomic mass is 10.1. The van der Waals surface area contributed by atoms with Gasteiger partial charge < -0.3 is 20.3 Å². The fourth-order valence-corrected chi connectivity index (χ4v) is 3.09. The van der Waals surface area contributed by atoms with E-state index in [0.717, 1.165) is 31.2 Å². The van der Waals surface area contributed by atoms with Gasteiger partial charge in [-0.25, -0.2) is 0 Å². The average molecular weight is 347 g/mol. The Morgan fingerprint density at radius 3 is 2.64 bits per heavy atom. The van der Waals surface area contributed by atoms with Crippen molar-refractivity contribution in [3.63, 3.8) is 0 Å². The lowest BCUT2D eigenvalue weighted by Crippen LogP contribution is -2.42. The van der Waals surface area contributed by atoms with Gasteiger partial charge in [-0.3, -0.25) is 4.99 Å². The molecule has 0 spiro atoms. The minimum absolute atomic E-state index is 0.188. The van der Waals surface area contributed by atoms with Gasteiger partial charge in [0.05, 0.1) is 6.54 Å². The number of guanidine groups is 1. The summed E-state index contributed by atoms with van der Waals surface area (Å²) in [7, 11) is 6.09. The number of benzene rings is 1. The number of nitrogens with one attached hydrogen (secondary N) is 2. The second-order valence-corrected chi connectivity index (χ2v) is 7.00. The van der Waals surface area contributed by atoms with Crippen molar-refractivity contribution in [3.05, 3.63) is 29.8 Å². The molecule has 0 aliphatic carbocycles. The van der Waals surface area contributed by atoms with Gasteiger partial charge in [-0.1, -0.05) is 37.5 Å². The molecule has 1 atom stereocenters. The maximum Gasteiger partial charge on any atom is 0.191 e. The number of hydrogen-bond acceptors (Lipinski definition) is 3. The molecule has 1 heterocycles. The van der Waals surface area contributed by atoms with Crippen molar-refractivity contribution < 1.29 is 4.74 Å². The smallest absolute Gasteiger partial charge is 0.191 e. The molecule has 5 nitrogen and oxygen atoms in total. The summed E-state index contributed by atoms with van der Waals surface area (Å²) in [6.07, 6.45) is 7.56. The fraction of sp³-hybridized carbons (Fsp3) is 0.650. The molecule has 1 unspecified atom stereocenters. The molecule has 0 bridgehead atoms. The number of hydrogen-bond donors (Lipinski definition) is 2. The van der Waals surface area contributed by atoms with Gasteiger partial charge in [0, 0.05) is 20.0 Å². The number of fused-ring (bicyclic) bond motifs is 1. The van der Waals surface area contributed by atoms with Gasteiger partial charge in [-0.2, -0.15) is 0 Å². The van der Waals surface area contributed by atoms with Crippen molar-refractivity contribution in [2.45, 2.75) is 44.6 Å². The maximum atomic E-state index is 5.95. The number of para-hydroxylation sites is 1. The lowest BCUT2D eigenvalue weighted by Gasteiger charge is -2.15. The van der Waals surface area contributed by atoms with Crippen molar-refractivity contribution in [1.82, 2.24) is 15.5 Å². The van der Waals surface area contributed by atoms with Gasteiger partial charge in [0.25, 0.3) is 0 Å². The first kappa shape index (κ1) is 19.6. The summed E-state index contributed by atoms with van der Waals surface area (Å²) in [6, 6.07) is 8.27. The highest BCUT2D eigenvalue weighted by Crippen LogP contribution is 2.27. The normalized spacial score (nSPS) is 16.6. The Balaban J connectivity index is 1.52. The molecular weight excluding hydrogens is 312 g/mol. The van der Waals surface area contributed by atoms with E-state index >= 15 is 0 Å². The van der Waals surface area contributed by atoms with Gasteiger partial charge in [0.1, 0.15) is 11.9 Å². The zero-order chi connectivity index (χ0) is 17.9. The Hall–Kier alpha value is -1.75. The molecule has 5 heteroatoms. The van der Waals surface area contributed by atoms with Gasteiger partial charge in [0.15, 0.2) is 5.96 Å². The van der Waals surface area contributed by atoms with E-state index < -0.39 is 0 Å². The molecule has 140 valence electrons. The summed E-state index contributed by atoms with van der Waals surface area (Å²) >= 11 is 0. The molecule has 0 saturated carbocycles. The summed E-state index contributed by atoms with van der Waals surface area (Å²) < 4.78 is 5.95. The highest BCUT2D eigenvalue weighted by Gasteiger charge is 2.22. The minimum atomic E-state index is 0.188. The highest BCUT2D eigenvalue weighted by atomic mass is 16.5. The molecular formula is C20H34N4O. The van der Waals surface area contributed by atoms with Crippen LogP contribution in [-0.2, 0) is 6.42 Å². The first-order chi connectivity index (χ1) is 12.2. The molecule has 2 rings (SSSR count). The Bertz CT molecular complexity index is 505. The van der Waals surface area contributed by atoms with Crippen LogP contribution in [0.3, 0.4) is 0 Å². The molecule has 0 amide bonds. The molecule has 25 heavy (non-hydrogen) atoms. The molecule has 0 fully saturated rings. The number of rotatable bonds is 10. The van der Waals surface area contributed by atoms with Crippen LogP contribution < -0.4 is 15.4 Å². The van der Waals surface area contributed by atoms with E-state index in [4.69, 9.17) is 4.74 Å². The van der Waals surface area contributed by atoms with Crippen LogP contribution in [0.5, 0.6) is 5.75 Å². The van der Waals surface area contributed by atoms with Crippen molar-refractivity contribution in [3.8, 4) is 5.75 Å². The number of aliphatic imine (C=N–C) groups is 1. The van der Waals surface area contributed by atoms with E-state index in [2.05, 4.69) is 46.8 Å². The Kier molecular flexibility index (Phi) is 8.60. The standard InChI is InChI=1S/C20H34N4O/c1-21-20(22-13-9-5-4-6-10-14-24(2)3)23-16-18-15-17-11-7-8-12-19(17)25-18/h7-8,11-12,18H,4-6,9-10,13-16H2,1-3H3,(H2,21,22,23). The Labute approximate surface area is 152 Å². The monoisotopic (exact) mass is 346 g/mol. The third-order valence-electron chi connectivity index (χ3n) is 4.51. The highest BCUT2D eigenvalue weighted by molar-refractivity contribution is 5.79. The van der Waals surface area contributed by atoms with Crippen LogP contribution in [0.15, 0.2) is 29.3 Å². The van der Waals surface area contributed by atoms with Crippen molar-refractivity contribution in [1.29, 1.82) is 0 Å². The Morgan fingerprint density at radius 1 is 1.12 bits per heavy atom. The topological polar surface area (TPSA) is 48.9 Å². The van der Waals surface area contributed by atoms with E-state index in [1.54, 1.807) is 0 Å². The van der Waals surface area contributed by atoms with Crippen molar-refractivity contribution in [2.24, 2.45) is 4.99 Å². The molecule has 1 aliphatic rings. The first-order valence-electron chi connectivity index (χ1n) is 9.53. The SMILES string of the molecule is CN=C(NCCCCCCCN(C)C)NCC1Cc2ccccc2O1. The quantitative estimate of drug-likeness (QED) is 0.388. The summed E-state index contributed by atoms with van der Waals surface area (Å²) in [5.74, 6) is 1.89. The molecule has 2 N–H and O–H groups in total. The molecule has 1 aromatic rings. The third kappa shape index (κ3) is 7.34. The first-order valence-corrected chi connectivity index (χ1v) is 9.53. The summed E-state index contributed by atoms with van der Waals surface area (Å²) in [5.41, 5.74) is 1.30. The van der Waals surface area contributed by atoms with Crippen LogP contribution in [0.1, 0.15) is 37.7 Å². The van der Waals surface area contributed by atoms with E-state index in [-0.39, 0.29) is 6.10 Å². The zero-order valence-electron chi connectivity index (χ0n) is 16.1.